The summed E-state index contributed by atoms with van der Waals surface area (Å²) >= 11 is 0. The summed E-state index contributed by atoms with van der Waals surface area (Å²) in [6, 6.07) is 0. The number of esters is 2. The molecule has 0 aliphatic heterocycles. The molecule has 0 atom stereocenters. The van der Waals surface area contributed by atoms with Crippen LogP contribution in [0.3, 0.4) is 0 Å². The fourth-order valence-electron chi connectivity index (χ4n) is 1.71. The summed E-state index contributed by atoms with van der Waals surface area (Å²) < 4.78 is 9.04. The third-order valence-corrected chi connectivity index (χ3v) is 2.94. The van der Waals surface area contributed by atoms with Gasteiger partial charge in [0.25, 0.3) is 0 Å². The van der Waals surface area contributed by atoms with Crippen molar-refractivity contribution in [3.8, 4) is 0 Å². The van der Waals surface area contributed by atoms with Gasteiger partial charge in [-0.3, -0.25) is 14.4 Å². The molecule has 20 heavy (non-hydrogen) atoms. The zero-order chi connectivity index (χ0) is 15.4. The molecule has 0 aliphatic carbocycles. The molecule has 0 aliphatic rings. The average molecular weight is 287 g/mol. The third-order valence-electron chi connectivity index (χ3n) is 2.94. The summed E-state index contributed by atoms with van der Waals surface area (Å²) in [5.41, 5.74) is 0. The first kappa shape index (κ1) is 18.4. The number of ether oxygens (including phenoxy) is 2. The summed E-state index contributed by atoms with van der Waals surface area (Å²) in [4.78, 5) is 35.7. The number of rotatable bonds is 10. The van der Waals surface area contributed by atoms with Crippen molar-refractivity contribution < 1.29 is 23.9 Å². The number of carbonyl (C=O) groups excluding carboxylic acids is 3. The van der Waals surface area contributed by atoms with Crippen LogP contribution >= 0.6 is 0 Å². The maximum atomic E-state index is 12.0. The molecule has 0 unspecified atom stereocenters. The molecular formula is C14H25NO5. The van der Waals surface area contributed by atoms with E-state index in [4.69, 9.17) is 0 Å². The molecule has 0 rings (SSSR count). The standard InChI is InChI=1S/C14H25NO5/c1-4-5-6-7-8-9-12(16)15(10-13(17)19-2)11-14(18)20-3/h4-11H2,1-3H3. The molecule has 0 heterocycles. The van der Waals surface area contributed by atoms with Gasteiger partial charge in [0.1, 0.15) is 13.1 Å². The second-order valence-corrected chi connectivity index (χ2v) is 4.57. The molecule has 6 heteroatoms. The van der Waals surface area contributed by atoms with E-state index in [0.29, 0.717) is 6.42 Å². The maximum Gasteiger partial charge on any atom is 0.325 e. The normalized spacial score (nSPS) is 9.95. The summed E-state index contributed by atoms with van der Waals surface area (Å²) in [5, 5.41) is 0. The van der Waals surface area contributed by atoms with Crippen LogP contribution in [-0.4, -0.2) is 50.1 Å². The summed E-state index contributed by atoms with van der Waals surface area (Å²) in [5.74, 6) is -1.32. The van der Waals surface area contributed by atoms with Crippen molar-refractivity contribution in [2.75, 3.05) is 27.3 Å². The van der Waals surface area contributed by atoms with Gasteiger partial charge in [-0.15, -0.1) is 0 Å². The van der Waals surface area contributed by atoms with Crippen LogP contribution in [-0.2, 0) is 23.9 Å². The average Bonchev–Trinajstić information content (AvgIpc) is 2.45. The van der Waals surface area contributed by atoms with Crippen molar-refractivity contribution in [2.24, 2.45) is 0 Å². The van der Waals surface area contributed by atoms with Gasteiger partial charge in [-0.25, -0.2) is 0 Å². The first-order valence-electron chi connectivity index (χ1n) is 6.96. The molecule has 0 bridgehead atoms. The van der Waals surface area contributed by atoms with Crippen LogP contribution < -0.4 is 0 Å². The molecule has 0 radical (unpaired) electrons. The highest BCUT2D eigenvalue weighted by molar-refractivity contribution is 5.85. The molecule has 1 amide bonds. The Morgan fingerprint density at radius 1 is 0.850 bits per heavy atom. The zero-order valence-corrected chi connectivity index (χ0v) is 12.6. The highest BCUT2D eigenvalue weighted by Crippen LogP contribution is 2.07. The van der Waals surface area contributed by atoms with Gasteiger partial charge in [-0.05, 0) is 6.42 Å². The number of nitrogens with zero attached hydrogens (tertiary/aromatic N) is 1. The van der Waals surface area contributed by atoms with Gasteiger partial charge in [0, 0.05) is 6.42 Å². The van der Waals surface area contributed by atoms with E-state index in [1.165, 1.54) is 19.1 Å². The van der Waals surface area contributed by atoms with Crippen LogP contribution in [0, 0.1) is 0 Å². The van der Waals surface area contributed by atoms with Crippen LogP contribution in [0.1, 0.15) is 45.4 Å². The van der Waals surface area contributed by atoms with E-state index < -0.39 is 11.9 Å². The molecule has 0 aromatic carbocycles. The fraction of sp³-hybridized carbons (Fsp3) is 0.786. The highest BCUT2D eigenvalue weighted by atomic mass is 16.5. The fourth-order valence-corrected chi connectivity index (χ4v) is 1.71. The number of unbranched alkanes of at least 4 members (excludes halogenated alkanes) is 4. The number of amides is 1. The van der Waals surface area contributed by atoms with Crippen LogP contribution in [0.15, 0.2) is 0 Å². The summed E-state index contributed by atoms with van der Waals surface area (Å²) in [7, 11) is 2.49. The molecule has 0 saturated heterocycles. The summed E-state index contributed by atoms with van der Waals surface area (Å²) in [6.45, 7) is 1.68. The van der Waals surface area contributed by atoms with Gasteiger partial charge in [-0.1, -0.05) is 32.6 Å². The lowest BCUT2D eigenvalue weighted by atomic mass is 10.1. The van der Waals surface area contributed by atoms with Gasteiger partial charge in [0.05, 0.1) is 14.2 Å². The van der Waals surface area contributed by atoms with Crippen molar-refractivity contribution in [1.29, 1.82) is 0 Å². The van der Waals surface area contributed by atoms with Crippen LogP contribution in [0.25, 0.3) is 0 Å². The van der Waals surface area contributed by atoms with E-state index >= 15 is 0 Å². The Labute approximate surface area is 120 Å². The van der Waals surface area contributed by atoms with Gasteiger partial charge in [-0.2, -0.15) is 0 Å². The third kappa shape index (κ3) is 8.50. The predicted octanol–water partition coefficient (Wildman–Crippen LogP) is 1.52. The second kappa shape index (κ2) is 11.3. The number of carbonyl (C=O) groups is 3. The monoisotopic (exact) mass is 287 g/mol. The quantitative estimate of drug-likeness (QED) is 0.450. The van der Waals surface area contributed by atoms with E-state index in [2.05, 4.69) is 16.4 Å². The van der Waals surface area contributed by atoms with Crippen LogP contribution in [0.2, 0.25) is 0 Å². The number of methoxy groups -OCH3 is 2. The van der Waals surface area contributed by atoms with E-state index in [9.17, 15) is 14.4 Å². The molecule has 0 fully saturated rings. The number of hydrogen-bond acceptors (Lipinski definition) is 5. The van der Waals surface area contributed by atoms with E-state index in [1.54, 1.807) is 0 Å². The Hall–Kier alpha value is -1.59. The molecule has 0 aromatic rings. The van der Waals surface area contributed by atoms with Gasteiger partial charge >= 0.3 is 11.9 Å². The van der Waals surface area contributed by atoms with Crippen molar-refractivity contribution in [3.63, 3.8) is 0 Å². The maximum absolute atomic E-state index is 12.0. The van der Waals surface area contributed by atoms with Crippen LogP contribution in [0.4, 0.5) is 0 Å². The van der Waals surface area contributed by atoms with Crippen molar-refractivity contribution in [1.82, 2.24) is 4.90 Å². The van der Waals surface area contributed by atoms with Gasteiger partial charge < -0.3 is 14.4 Å². The molecule has 0 saturated carbocycles. The summed E-state index contributed by atoms with van der Waals surface area (Å²) in [6.07, 6.45) is 5.46. The second-order valence-electron chi connectivity index (χ2n) is 4.57. The minimum absolute atomic E-state index is 0.223. The highest BCUT2D eigenvalue weighted by Gasteiger charge is 2.20. The Bertz CT molecular complexity index is 299. The van der Waals surface area contributed by atoms with Crippen molar-refractivity contribution in [3.05, 3.63) is 0 Å². The van der Waals surface area contributed by atoms with E-state index in [1.807, 2.05) is 0 Å². The molecule has 116 valence electrons. The molecule has 0 aromatic heterocycles. The van der Waals surface area contributed by atoms with Crippen molar-refractivity contribution >= 4 is 17.8 Å². The van der Waals surface area contributed by atoms with E-state index in [0.717, 1.165) is 32.1 Å². The minimum Gasteiger partial charge on any atom is -0.468 e. The van der Waals surface area contributed by atoms with Crippen LogP contribution in [0.5, 0.6) is 0 Å². The smallest absolute Gasteiger partial charge is 0.325 e. The Balaban J connectivity index is 4.25. The number of hydrogen-bond donors (Lipinski definition) is 0. The topological polar surface area (TPSA) is 72.9 Å². The molecule has 0 spiro atoms. The lowest BCUT2D eigenvalue weighted by molar-refractivity contribution is -0.152. The van der Waals surface area contributed by atoms with Gasteiger partial charge in [0.15, 0.2) is 0 Å². The molecular weight excluding hydrogens is 262 g/mol. The molecule has 6 nitrogen and oxygen atoms in total. The van der Waals surface area contributed by atoms with E-state index in [-0.39, 0.29) is 19.0 Å². The first-order valence-corrected chi connectivity index (χ1v) is 6.96. The Morgan fingerprint density at radius 2 is 1.35 bits per heavy atom. The van der Waals surface area contributed by atoms with Crippen molar-refractivity contribution in [2.45, 2.75) is 45.4 Å². The first-order chi connectivity index (χ1) is 9.54. The minimum atomic E-state index is -0.548. The zero-order valence-electron chi connectivity index (χ0n) is 12.6. The Morgan fingerprint density at radius 3 is 1.80 bits per heavy atom. The predicted molar refractivity (Wildman–Crippen MR) is 74.0 cm³/mol. The van der Waals surface area contributed by atoms with Gasteiger partial charge in [0.2, 0.25) is 5.91 Å². The largest absolute Gasteiger partial charge is 0.468 e. The Kier molecular flexibility index (Phi) is 10.4. The molecule has 0 N–H and O–H groups in total. The lowest BCUT2D eigenvalue weighted by Gasteiger charge is -2.20. The SMILES string of the molecule is CCCCCCCC(=O)N(CC(=O)OC)CC(=O)OC. The lowest BCUT2D eigenvalue weighted by Crippen LogP contribution is -2.40.